The Bertz CT molecular complexity index is 1360. The van der Waals surface area contributed by atoms with Gasteiger partial charge in [-0.15, -0.1) is 0 Å². The van der Waals surface area contributed by atoms with Crippen LogP contribution < -0.4 is 14.8 Å². The monoisotopic (exact) mass is 522 g/mol. The van der Waals surface area contributed by atoms with E-state index in [9.17, 15) is 18.3 Å². The molecule has 0 unspecified atom stereocenters. The standard InChI is InChI=1S/C28H30N2O6S/c1-37(33,34)30-21-11-12-25-23(13-21)24-14-22(35-26(17-31)28(24)36-25)15-27(32)29-16-18-7-9-20(10-8-18)19-5-3-2-4-6-19/h2-13,22,24,26,28,30-31H,14-17H2,1H3,(H,29,32)/t22-,24+,26+,28-/m0/s1. The minimum Gasteiger partial charge on any atom is -0.487 e. The van der Waals surface area contributed by atoms with Gasteiger partial charge < -0.3 is 19.9 Å². The second-order valence-corrected chi connectivity index (χ2v) is 11.3. The number of ether oxygens (including phenoxy) is 2. The Labute approximate surface area is 216 Å². The third-order valence-corrected chi connectivity index (χ3v) is 7.37. The molecule has 194 valence electrons. The number of aliphatic hydroxyl groups excluding tert-OH is 1. The predicted molar refractivity (Wildman–Crippen MR) is 141 cm³/mol. The number of carbonyl (C=O) groups is 1. The van der Waals surface area contributed by atoms with Crippen molar-refractivity contribution in [3.63, 3.8) is 0 Å². The summed E-state index contributed by atoms with van der Waals surface area (Å²) in [5.74, 6) is 0.379. The Morgan fingerprint density at radius 2 is 1.76 bits per heavy atom. The summed E-state index contributed by atoms with van der Waals surface area (Å²) >= 11 is 0. The molecule has 8 nitrogen and oxygen atoms in total. The maximum atomic E-state index is 12.8. The van der Waals surface area contributed by atoms with Crippen LogP contribution in [0.25, 0.3) is 11.1 Å². The van der Waals surface area contributed by atoms with Crippen LogP contribution in [0, 0.1) is 0 Å². The van der Waals surface area contributed by atoms with Crippen molar-refractivity contribution in [2.24, 2.45) is 0 Å². The smallest absolute Gasteiger partial charge is 0.229 e. The Morgan fingerprint density at radius 1 is 1.03 bits per heavy atom. The van der Waals surface area contributed by atoms with Crippen LogP contribution in [-0.2, 0) is 26.1 Å². The van der Waals surface area contributed by atoms with Gasteiger partial charge in [-0.05, 0) is 41.3 Å². The number of nitrogens with one attached hydrogen (secondary N) is 2. The summed E-state index contributed by atoms with van der Waals surface area (Å²) in [5, 5.41) is 12.9. The number of hydrogen-bond donors (Lipinski definition) is 3. The molecule has 37 heavy (non-hydrogen) atoms. The first-order valence-electron chi connectivity index (χ1n) is 12.2. The molecule has 0 spiro atoms. The molecule has 9 heteroatoms. The maximum absolute atomic E-state index is 12.8. The molecule has 1 saturated heterocycles. The van der Waals surface area contributed by atoms with Crippen molar-refractivity contribution in [1.29, 1.82) is 0 Å². The first-order valence-corrected chi connectivity index (χ1v) is 14.1. The topological polar surface area (TPSA) is 114 Å². The second-order valence-electron chi connectivity index (χ2n) is 9.57. The van der Waals surface area contributed by atoms with E-state index < -0.39 is 28.3 Å². The van der Waals surface area contributed by atoms with E-state index in [2.05, 4.69) is 22.2 Å². The summed E-state index contributed by atoms with van der Waals surface area (Å²) in [6, 6.07) is 23.3. The lowest BCUT2D eigenvalue weighted by Gasteiger charge is -2.37. The number of fused-ring (bicyclic) bond motifs is 3. The van der Waals surface area contributed by atoms with Gasteiger partial charge >= 0.3 is 0 Å². The van der Waals surface area contributed by atoms with E-state index in [0.717, 1.165) is 28.5 Å². The third kappa shape index (κ3) is 5.95. The van der Waals surface area contributed by atoms with Crippen molar-refractivity contribution >= 4 is 21.6 Å². The van der Waals surface area contributed by atoms with Crippen molar-refractivity contribution in [2.75, 3.05) is 17.6 Å². The normalized spacial score (nSPS) is 22.4. The largest absolute Gasteiger partial charge is 0.487 e. The molecule has 1 amide bonds. The zero-order chi connectivity index (χ0) is 26.0. The average molecular weight is 523 g/mol. The molecular formula is C28H30N2O6S. The number of benzene rings is 3. The number of hydrogen-bond acceptors (Lipinski definition) is 6. The zero-order valence-electron chi connectivity index (χ0n) is 20.5. The highest BCUT2D eigenvalue weighted by atomic mass is 32.2. The van der Waals surface area contributed by atoms with Gasteiger partial charge in [0.05, 0.1) is 25.4 Å². The van der Waals surface area contributed by atoms with Crippen LogP contribution >= 0.6 is 0 Å². The van der Waals surface area contributed by atoms with E-state index in [1.165, 1.54) is 0 Å². The molecule has 3 aromatic rings. The summed E-state index contributed by atoms with van der Waals surface area (Å²) < 4.78 is 37.9. The molecule has 2 aliphatic heterocycles. The fourth-order valence-corrected chi connectivity index (χ4v) is 5.65. The predicted octanol–water partition coefficient (Wildman–Crippen LogP) is 3.43. The fraction of sp³-hybridized carbons (Fsp3) is 0.321. The summed E-state index contributed by atoms with van der Waals surface area (Å²) in [6.07, 6.45) is 0.396. The molecule has 3 aromatic carbocycles. The Morgan fingerprint density at radius 3 is 2.46 bits per heavy atom. The maximum Gasteiger partial charge on any atom is 0.229 e. The van der Waals surface area contributed by atoms with Gasteiger partial charge in [-0.25, -0.2) is 8.42 Å². The van der Waals surface area contributed by atoms with E-state index in [4.69, 9.17) is 9.47 Å². The molecule has 0 radical (unpaired) electrons. The number of rotatable bonds is 8. The molecule has 2 aliphatic rings. The molecule has 0 bridgehead atoms. The molecule has 1 fully saturated rings. The van der Waals surface area contributed by atoms with Crippen molar-refractivity contribution in [3.05, 3.63) is 83.9 Å². The highest BCUT2D eigenvalue weighted by Crippen LogP contribution is 2.47. The molecular weight excluding hydrogens is 492 g/mol. The van der Waals surface area contributed by atoms with Crippen LogP contribution in [-0.4, -0.2) is 50.6 Å². The number of sulfonamides is 1. The van der Waals surface area contributed by atoms with Gasteiger partial charge in [0.2, 0.25) is 15.9 Å². The van der Waals surface area contributed by atoms with Gasteiger partial charge in [0.25, 0.3) is 0 Å². The van der Waals surface area contributed by atoms with E-state index >= 15 is 0 Å². The number of anilines is 1. The molecule has 0 aliphatic carbocycles. The van der Waals surface area contributed by atoms with Gasteiger partial charge in [0.15, 0.2) is 0 Å². The van der Waals surface area contributed by atoms with E-state index in [0.29, 0.717) is 24.4 Å². The van der Waals surface area contributed by atoms with Gasteiger partial charge in [-0.1, -0.05) is 54.6 Å². The summed E-state index contributed by atoms with van der Waals surface area (Å²) in [4.78, 5) is 12.8. The third-order valence-electron chi connectivity index (χ3n) is 6.77. The highest BCUT2D eigenvalue weighted by molar-refractivity contribution is 7.92. The van der Waals surface area contributed by atoms with Gasteiger partial charge in [0, 0.05) is 23.7 Å². The second kappa shape index (κ2) is 10.5. The van der Waals surface area contributed by atoms with E-state index in [-0.39, 0.29) is 24.9 Å². The SMILES string of the molecule is CS(=O)(=O)Nc1ccc2c(c1)[C@H]1C[C@@H](CC(=O)NCc3ccc(-c4ccccc4)cc3)O[C@H](CO)[C@H]1O2. The summed E-state index contributed by atoms with van der Waals surface area (Å²) in [7, 11) is -3.42. The Hall–Kier alpha value is -3.40. The molecule has 2 heterocycles. The fourth-order valence-electron chi connectivity index (χ4n) is 5.09. The molecule has 3 N–H and O–H groups in total. The first kappa shape index (κ1) is 25.3. The average Bonchev–Trinajstić information content (AvgIpc) is 3.25. The highest BCUT2D eigenvalue weighted by Gasteiger charge is 2.46. The molecule has 4 atom stereocenters. The van der Waals surface area contributed by atoms with Crippen LogP contribution in [0.4, 0.5) is 5.69 Å². The number of aliphatic hydroxyl groups is 1. The van der Waals surface area contributed by atoms with Crippen LogP contribution in [0.3, 0.4) is 0 Å². The van der Waals surface area contributed by atoms with Crippen molar-refractivity contribution in [3.8, 4) is 16.9 Å². The Balaban J connectivity index is 1.21. The molecule has 5 rings (SSSR count). The van der Waals surface area contributed by atoms with E-state index in [1.54, 1.807) is 18.2 Å². The van der Waals surface area contributed by atoms with Crippen LogP contribution in [0.15, 0.2) is 72.8 Å². The first-order chi connectivity index (χ1) is 17.8. The van der Waals surface area contributed by atoms with Crippen LogP contribution in [0.5, 0.6) is 5.75 Å². The molecule has 0 aromatic heterocycles. The number of carbonyl (C=O) groups excluding carboxylic acids is 1. The van der Waals surface area contributed by atoms with E-state index in [1.807, 2.05) is 42.5 Å². The minimum absolute atomic E-state index is 0.120. The van der Waals surface area contributed by atoms with Crippen LogP contribution in [0.2, 0.25) is 0 Å². The van der Waals surface area contributed by atoms with Crippen molar-refractivity contribution in [1.82, 2.24) is 5.32 Å². The minimum atomic E-state index is -3.42. The van der Waals surface area contributed by atoms with Crippen molar-refractivity contribution in [2.45, 2.75) is 43.6 Å². The summed E-state index contributed by atoms with van der Waals surface area (Å²) in [5.41, 5.74) is 4.55. The summed E-state index contributed by atoms with van der Waals surface area (Å²) in [6.45, 7) is 0.165. The lowest BCUT2D eigenvalue weighted by Crippen LogP contribution is -2.47. The van der Waals surface area contributed by atoms with Gasteiger partial charge in [-0.3, -0.25) is 9.52 Å². The Kier molecular flexibility index (Phi) is 7.19. The van der Waals surface area contributed by atoms with Gasteiger partial charge in [-0.2, -0.15) is 0 Å². The molecule has 0 saturated carbocycles. The number of amides is 1. The lowest BCUT2D eigenvalue weighted by atomic mass is 9.84. The van der Waals surface area contributed by atoms with Crippen LogP contribution in [0.1, 0.15) is 29.9 Å². The quantitative estimate of drug-likeness (QED) is 0.418. The van der Waals surface area contributed by atoms with Gasteiger partial charge in [0.1, 0.15) is 18.0 Å². The van der Waals surface area contributed by atoms with Crippen molar-refractivity contribution < 1.29 is 27.8 Å². The zero-order valence-corrected chi connectivity index (χ0v) is 21.3. The lowest BCUT2D eigenvalue weighted by molar-refractivity contribution is -0.142.